The zero-order valence-electron chi connectivity index (χ0n) is 16.5. The van der Waals surface area contributed by atoms with E-state index in [9.17, 15) is 9.59 Å². The lowest BCUT2D eigenvalue weighted by atomic mass is 10.0. The summed E-state index contributed by atoms with van der Waals surface area (Å²) in [5.74, 6) is 1.37. The first-order valence-electron chi connectivity index (χ1n) is 10.3. The Labute approximate surface area is 171 Å². The molecule has 0 aromatic heterocycles. The zero-order chi connectivity index (χ0) is 20.1. The summed E-state index contributed by atoms with van der Waals surface area (Å²) in [6.07, 6.45) is 4.37. The molecule has 0 spiro atoms. The first-order chi connectivity index (χ1) is 14.2. The van der Waals surface area contributed by atoms with Gasteiger partial charge in [0.2, 0.25) is 5.91 Å². The minimum Gasteiger partial charge on any atom is -0.457 e. The molecule has 1 N–H and O–H groups in total. The van der Waals surface area contributed by atoms with Crippen molar-refractivity contribution in [3.8, 4) is 11.5 Å². The smallest absolute Gasteiger partial charge is 0.327 e. The predicted molar refractivity (Wildman–Crippen MR) is 111 cm³/mol. The first-order valence-corrected chi connectivity index (χ1v) is 10.3. The van der Waals surface area contributed by atoms with E-state index in [1.807, 2.05) is 54.6 Å². The highest BCUT2D eigenvalue weighted by Crippen LogP contribution is 2.23. The number of para-hydroxylation sites is 1. The zero-order valence-corrected chi connectivity index (χ0v) is 16.5. The van der Waals surface area contributed by atoms with Crippen molar-refractivity contribution in [1.29, 1.82) is 0 Å². The monoisotopic (exact) mass is 393 g/mol. The van der Waals surface area contributed by atoms with Crippen molar-refractivity contribution in [1.82, 2.24) is 15.1 Å². The normalized spacial score (nSPS) is 19.7. The average molecular weight is 393 g/mol. The van der Waals surface area contributed by atoms with E-state index in [0.717, 1.165) is 30.7 Å². The van der Waals surface area contributed by atoms with Gasteiger partial charge in [-0.1, -0.05) is 36.8 Å². The molecule has 1 unspecified atom stereocenters. The largest absolute Gasteiger partial charge is 0.457 e. The molecule has 2 aromatic carbocycles. The summed E-state index contributed by atoms with van der Waals surface area (Å²) < 4.78 is 5.87. The van der Waals surface area contributed by atoms with Crippen molar-refractivity contribution in [3.05, 3.63) is 60.2 Å². The number of carbonyl (C=O) groups excluding carboxylic acids is 2. The summed E-state index contributed by atoms with van der Waals surface area (Å²) in [6.45, 7) is 2.05. The molecule has 2 heterocycles. The summed E-state index contributed by atoms with van der Waals surface area (Å²) in [6, 6.07) is 17.4. The number of imide groups is 1. The molecule has 0 radical (unpaired) electrons. The van der Waals surface area contributed by atoms with Crippen molar-refractivity contribution >= 4 is 11.9 Å². The number of nitrogens with zero attached hydrogens (tertiary/aromatic N) is 2. The van der Waals surface area contributed by atoms with Gasteiger partial charge in [-0.3, -0.25) is 9.69 Å². The van der Waals surface area contributed by atoms with Gasteiger partial charge in [0.1, 0.15) is 18.0 Å². The highest BCUT2D eigenvalue weighted by molar-refractivity contribution is 6.01. The molecule has 2 aromatic rings. The van der Waals surface area contributed by atoms with Crippen LogP contribution in [-0.2, 0) is 11.3 Å². The van der Waals surface area contributed by atoms with Gasteiger partial charge in [0, 0.05) is 19.1 Å². The first kappa shape index (κ1) is 19.5. The molecule has 6 heteroatoms. The number of carbonyl (C=O) groups is 2. The Morgan fingerprint density at radius 3 is 2.62 bits per heavy atom. The van der Waals surface area contributed by atoms with Gasteiger partial charge in [0.25, 0.3) is 0 Å². The van der Waals surface area contributed by atoms with Crippen molar-refractivity contribution in [2.75, 3.05) is 19.6 Å². The molecule has 0 saturated carbocycles. The van der Waals surface area contributed by atoms with Gasteiger partial charge in [-0.05, 0) is 55.6 Å². The molecule has 3 amide bonds. The lowest BCUT2D eigenvalue weighted by Gasteiger charge is -2.25. The van der Waals surface area contributed by atoms with Crippen molar-refractivity contribution in [2.45, 2.75) is 38.3 Å². The maximum absolute atomic E-state index is 12.7. The lowest BCUT2D eigenvalue weighted by molar-refractivity contribution is -0.125. The molecule has 1 atom stereocenters. The highest BCUT2D eigenvalue weighted by atomic mass is 16.5. The van der Waals surface area contributed by atoms with Crippen LogP contribution in [0.15, 0.2) is 54.6 Å². The van der Waals surface area contributed by atoms with Gasteiger partial charge >= 0.3 is 6.03 Å². The Bertz CT molecular complexity index is 849. The minimum atomic E-state index is -0.194. The second-order valence-corrected chi connectivity index (χ2v) is 7.68. The minimum absolute atomic E-state index is 0.109. The van der Waals surface area contributed by atoms with Crippen LogP contribution in [-0.4, -0.2) is 47.4 Å². The SMILES string of the molecule is O=C1CN(Cc2cccc(Oc3ccccc3)c2)C(=O)N1CCC1CCCCN1. The number of piperidine rings is 1. The number of urea groups is 1. The number of ether oxygens (including phenoxy) is 1. The van der Waals surface area contributed by atoms with Crippen LogP contribution in [0.4, 0.5) is 4.79 Å². The van der Waals surface area contributed by atoms with Gasteiger partial charge in [-0.25, -0.2) is 4.79 Å². The van der Waals surface area contributed by atoms with Crippen molar-refractivity contribution < 1.29 is 14.3 Å². The van der Waals surface area contributed by atoms with E-state index in [0.29, 0.717) is 24.9 Å². The second-order valence-electron chi connectivity index (χ2n) is 7.68. The molecule has 2 saturated heterocycles. The third kappa shape index (κ3) is 4.95. The molecule has 2 fully saturated rings. The average Bonchev–Trinajstić information content (AvgIpc) is 3.01. The molecule has 2 aliphatic heterocycles. The molecule has 6 nitrogen and oxygen atoms in total. The Morgan fingerprint density at radius 2 is 1.83 bits per heavy atom. The fourth-order valence-electron chi connectivity index (χ4n) is 3.95. The van der Waals surface area contributed by atoms with Crippen LogP contribution in [0.2, 0.25) is 0 Å². The summed E-state index contributed by atoms with van der Waals surface area (Å²) in [7, 11) is 0. The number of hydrogen-bond acceptors (Lipinski definition) is 4. The van der Waals surface area contributed by atoms with Gasteiger partial charge in [-0.15, -0.1) is 0 Å². The molecular weight excluding hydrogens is 366 g/mol. The fraction of sp³-hybridized carbons (Fsp3) is 0.391. The summed E-state index contributed by atoms with van der Waals surface area (Å²) in [4.78, 5) is 28.1. The van der Waals surface area contributed by atoms with Crippen LogP contribution in [0.3, 0.4) is 0 Å². The van der Waals surface area contributed by atoms with Crippen LogP contribution in [0.1, 0.15) is 31.2 Å². The number of nitrogens with one attached hydrogen (secondary N) is 1. The van der Waals surface area contributed by atoms with E-state index in [1.54, 1.807) is 4.90 Å². The number of hydrogen-bond donors (Lipinski definition) is 1. The van der Waals surface area contributed by atoms with E-state index in [4.69, 9.17) is 4.74 Å². The van der Waals surface area contributed by atoms with E-state index in [2.05, 4.69) is 5.32 Å². The topological polar surface area (TPSA) is 61.9 Å². The predicted octanol–water partition coefficient (Wildman–Crippen LogP) is 3.78. The highest BCUT2D eigenvalue weighted by Gasteiger charge is 2.35. The molecule has 0 bridgehead atoms. The molecule has 0 aliphatic carbocycles. The fourth-order valence-corrected chi connectivity index (χ4v) is 3.95. The van der Waals surface area contributed by atoms with Crippen LogP contribution in [0.25, 0.3) is 0 Å². The van der Waals surface area contributed by atoms with Crippen LogP contribution < -0.4 is 10.1 Å². The van der Waals surface area contributed by atoms with E-state index in [1.165, 1.54) is 17.7 Å². The van der Waals surface area contributed by atoms with Gasteiger partial charge in [0.15, 0.2) is 0 Å². The van der Waals surface area contributed by atoms with Crippen LogP contribution in [0, 0.1) is 0 Å². The summed E-state index contributed by atoms with van der Waals surface area (Å²) in [5.41, 5.74) is 0.940. The van der Waals surface area contributed by atoms with Crippen LogP contribution >= 0.6 is 0 Å². The van der Waals surface area contributed by atoms with E-state index in [-0.39, 0.29) is 18.5 Å². The Balaban J connectivity index is 1.35. The van der Waals surface area contributed by atoms with E-state index < -0.39 is 0 Å². The quantitative estimate of drug-likeness (QED) is 0.728. The maximum Gasteiger partial charge on any atom is 0.327 e. The standard InChI is InChI=1S/C23H27N3O3/c27-22-17-25(23(28)26(22)14-12-19-8-4-5-13-24-19)16-18-7-6-11-21(15-18)29-20-9-2-1-3-10-20/h1-3,6-7,9-11,15,19,24H,4-5,8,12-14,16-17H2. The van der Waals surface area contributed by atoms with Crippen LogP contribution in [0.5, 0.6) is 11.5 Å². The van der Waals surface area contributed by atoms with Gasteiger partial charge < -0.3 is 15.0 Å². The summed E-state index contributed by atoms with van der Waals surface area (Å²) in [5, 5.41) is 3.47. The van der Waals surface area contributed by atoms with Crippen molar-refractivity contribution in [3.63, 3.8) is 0 Å². The van der Waals surface area contributed by atoms with Crippen molar-refractivity contribution in [2.24, 2.45) is 0 Å². The number of benzene rings is 2. The summed E-state index contributed by atoms with van der Waals surface area (Å²) >= 11 is 0. The maximum atomic E-state index is 12.7. The molecule has 4 rings (SSSR count). The second kappa shape index (κ2) is 9.09. The van der Waals surface area contributed by atoms with E-state index >= 15 is 0 Å². The van der Waals surface area contributed by atoms with Gasteiger partial charge in [-0.2, -0.15) is 0 Å². The number of rotatable bonds is 7. The van der Waals surface area contributed by atoms with Gasteiger partial charge in [0.05, 0.1) is 0 Å². The lowest BCUT2D eigenvalue weighted by Crippen LogP contribution is -2.39. The molecule has 2 aliphatic rings. The third-order valence-corrected chi connectivity index (χ3v) is 5.49. The Hall–Kier alpha value is -2.86. The number of amides is 3. The molecule has 29 heavy (non-hydrogen) atoms. The Kier molecular flexibility index (Phi) is 6.10. The Morgan fingerprint density at radius 1 is 1.00 bits per heavy atom. The third-order valence-electron chi connectivity index (χ3n) is 5.49. The molecular formula is C23H27N3O3. The molecule has 152 valence electrons.